The molecule has 2 N–H and O–H groups in total. The number of amides is 2. The average molecular weight is 566 g/mol. The van der Waals surface area contributed by atoms with E-state index in [0.717, 1.165) is 12.8 Å². The van der Waals surface area contributed by atoms with E-state index in [2.05, 4.69) is 35.5 Å². The van der Waals surface area contributed by atoms with Crippen molar-refractivity contribution in [2.75, 3.05) is 0 Å². The van der Waals surface area contributed by atoms with Crippen molar-refractivity contribution in [1.82, 2.24) is 35.3 Å². The van der Waals surface area contributed by atoms with E-state index in [1.165, 1.54) is 6.92 Å². The lowest BCUT2D eigenvalue weighted by Gasteiger charge is -2.33. The van der Waals surface area contributed by atoms with Crippen LogP contribution in [0.3, 0.4) is 0 Å². The molecule has 0 spiro atoms. The van der Waals surface area contributed by atoms with Gasteiger partial charge in [-0.1, -0.05) is 12.1 Å². The highest BCUT2D eigenvalue weighted by Gasteiger charge is 2.40. The maximum atomic E-state index is 13.9. The number of nitrogens with zero attached hydrogens (tertiary/aromatic N) is 5. The largest absolute Gasteiger partial charge is 0.347 e. The van der Waals surface area contributed by atoms with Gasteiger partial charge in [0.1, 0.15) is 5.69 Å². The summed E-state index contributed by atoms with van der Waals surface area (Å²) in [7, 11) is 0. The second-order valence-corrected chi connectivity index (χ2v) is 11.0. The van der Waals surface area contributed by atoms with Gasteiger partial charge < -0.3 is 10.6 Å². The first-order valence-electron chi connectivity index (χ1n) is 13.4. The zero-order valence-corrected chi connectivity index (χ0v) is 22.1. The predicted octanol–water partition coefficient (Wildman–Crippen LogP) is 4.58. The fourth-order valence-corrected chi connectivity index (χ4v) is 5.18. The molecule has 2 saturated carbocycles. The van der Waals surface area contributed by atoms with Gasteiger partial charge in [0.05, 0.1) is 23.5 Å². The van der Waals surface area contributed by atoms with Crippen LogP contribution in [0.4, 0.5) is 17.6 Å². The van der Waals surface area contributed by atoms with Gasteiger partial charge in [0.2, 0.25) is 24.0 Å². The molecule has 3 aromatic rings. The Morgan fingerprint density at radius 3 is 2.33 bits per heavy atom. The number of imidazole rings is 1. The maximum absolute atomic E-state index is 13.9. The summed E-state index contributed by atoms with van der Waals surface area (Å²) in [6.45, 7) is 2.90. The van der Waals surface area contributed by atoms with Crippen LogP contribution >= 0.6 is 0 Å². The van der Waals surface area contributed by atoms with E-state index in [1.54, 1.807) is 29.8 Å². The smallest absolute Gasteiger partial charge is 0.276 e. The Labute approximate surface area is 227 Å². The zero-order valence-electron chi connectivity index (χ0n) is 22.1. The van der Waals surface area contributed by atoms with Crippen LogP contribution in [0.2, 0.25) is 0 Å². The van der Waals surface area contributed by atoms with Crippen molar-refractivity contribution in [3.05, 3.63) is 41.2 Å². The number of hydrogen-bond donors (Lipinski definition) is 2. The van der Waals surface area contributed by atoms with Crippen LogP contribution in [0.5, 0.6) is 0 Å². The normalized spacial score (nSPS) is 19.9. The number of aryl methyl sites for hydroxylation is 1. The number of alkyl halides is 4. The standard InChI is InChI=1S/C26H31F4N7O3/c1-13(23(27)28)11-19(38)33-21(15-3-4-15)17-7-10-37-12-18(32-25(37)31-17)22(16-5-8-26(29,30)9-6-16)34-24(39)20-14(2)35-40-36-20/h7,10,12-13,15-16,21-23H,3-6,8-9,11H2,1-2H3,(H,33,38)(H,34,39)/t13-,21+,22-/m0/s1. The number of halogens is 4. The SMILES string of the molecule is Cc1nonc1C(=O)N[C@H](c1cn2ccc([C@H](NC(=O)C[C@H](C)C(F)F)C3CC3)nc2n1)C1CCC(F)(F)CC1. The number of fused-ring (bicyclic) bond motifs is 1. The number of rotatable bonds is 10. The van der Waals surface area contributed by atoms with Crippen molar-refractivity contribution in [1.29, 1.82) is 0 Å². The molecule has 3 heterocycles. The highest BCUT2D eigenvalue weighted by atomic mass is 19.3. The Morgan fingerprint density at radius 2 is 1.70 bits per heavy atom. The van der Waals surface area contributed by atoms with Crippen LogP contribution in [-0.4, -0.2) is 48.8 Å². The summed E-state index contributed by atoms with van der Waals surface area (Å²) in [6, 6.07) is 0.595. The van der Waals surface area contributed by atoms with E-state index in [9.17, 15) is 27.2 Å². The first-order chi connectivity index (χ1) is 19.0. The molecule has 3 aromatic heterocycles. The van der Waals surface area contributed by atoms with Gasteiger partial charge in [-0.25, -0.2) is 32.2 Å². The lowest BCUT2D eigenvalue weighted by atomic mass is 9.81. The van der Waals surface area contributed by atoms with Crippen LogP contribution in [0.15, 0.2) is 23.1 Å². The number of aromatic nitrogens is 5. The Balaban J connectivity index is 1.40. The fraction of sp³-hybridized carbons (Fsp3) is 0.615. The van der Waals surface area contributed by atoms with Crippen LogP contribution in [-0.2, 0) is 4.79 Å². The molecule has 5 rings (SSSR count). The highest BCUT2D eigenvalue weighted by Crippen LogP contribution is 2.42. The number of carbonyl (C=O) groups is 2. The molecule has 3 atom stereocenters. The fourth-order valence-electron chi connectivity index (χ4n) is 5.18. The zero-order chi connectivity index (χ0) is 28.6. The first-order valence-corrected chi connectivity index (χ1v) is 13.4. The van der Waals surface area contributed by atoms with Gasteiger partial charge >= 0.3 is 0 Å². The van der Waals surface area contributed by atoms with Crippen molar-refractivity contribution >= 4 is 17.6 Å². The molecular weight excluding hydrogens is 534 g/mol. The van der Waals surface area contributed by atoms with Crippen molar-refractivity contribution in [3.8, 4) is 0 Å². The molecule has 0 radical (unpaired) electrons. The minimum absolute atomic E-state index is 0.000471. The summed E-state index contributed by atoms with van der Waals surface area (Å²) in [5, 5.41) is 13.0. The van der Waals surface area contributed by atoms with E-state index < -0.39 is 42.2 Å². The Kier molecular flexibility index (Phi) is 7.78. The Morgan fingerprint density at radius 1 is 1.05 bits per heavy atom. The van der Waals surface area contributed by atoms with Crippen LogP contribution in [0.25, 0.3) is 5.78 Å². The molecule has 2 amide bonds. The van der Waals surface area contributed by atoms with Gasteiger partial charge in [-0.2, -0.15) is 0 Å². The average Bonchev–Trinajstić information content (AvgIpc) is 3.51. The summed E-state index contributed by atoms with van der Waals surface area (Å²) in [5.41, 5.74) is 1.29. The molecule has 0 bridgehead atoms. The topological polar surface area (TPSA) is 127 Å². The molecule has 0 aromatic carbocycles. The van der Waals surface area contributed by atoms with Crippen molar-refractivity contribution in [2.24, 2.45) is 17.8 Å². The molecule has 40 heavy (non-hydrogen) atoms. The quantitative estimate of drug-likeness (QED) is 0.345. The predicted molar refractivity (Wildman–Crippen MR) is 133 cm³/mol. The van der Waals surface area contributed by atoms with Gasteiger partial charge in [0.15, 0.2) is 5.69 Å². The molecule has 216 valence electrons. The Hall–Kier alpha value is -3.58. The number of nitrogens with one attached hydrogen (secondary N) is 2. The molecule has 0 saturated heterocycles. The lowest BCUT2D eigenvalue weighted by molar-refractivity contribution is -0.124. The molecule has 0 aliphatic heterocycles. The summed E-state index contributed by atoms with van der Waals surface area (Å²) in [5.74, 6) is -4.69. The van der Waals surface area contributed by atoms with Gasteiger partial charge in [0.25, 0.3) is 5.91 Å². The molecule has 0 unspecified atom stereocenters. The van der Waals surface area contributed by atoms with Crippen molar-refractivity contribution in [2.45, 2.75) is 83.2 Å². The summed E-state index contributed by atoms with van der Waals surface area (Å²) in [4.78, 5) is 34.7. The second-order valence-electron chi connectivity index (χ2n) is 11.0. The van der Waals surface area contributed by atoms with Gasteiger partial charge in [-0.3, -0.25) is 14.0 Å². The van der Waals surface area contributed by atoms with Gasteiger partial charge in [-0.15, -0.1) is 0 Å². The van der Waals surface area contributed by atoms with Gasteiger partial charge in [-0.05, 0) is 55.7 Å². The third-order valence-corrected chi connectivity index (χ3v) is 7.74. The maximum Gasteiger partial charge on any atom is 0.276 e. The highest BCUT2D eigenvalue weighted by molar-refractivity contribution is 5.93. The monoisotopic (exact) mass is 565 g/mol. The minimum Gasteiger partial charge on any atom is -0.347 e. The third kappa shape index (κ3) is 6.25. The van der Waals surface area contributed by atoms with E-state index in [0.29, 0.717) is 22.9 Å². The lowest BCUT2D eigenvalue weighted by Crippen LogP contribution is -2.37. The van der Waals surface area contributed by atoms with E-state index >= 15 is 0 Å². The molecule has 2 aliphatic rings. The number of hydrogen-bond acceptors (Lipinski definition) is 7. The molecule has 10 nitrogen and oxygen atoms in total. The second kappa shape index (κ2) is 11.1. The summed E-state index contributed by atoms with van der Waals surface area (Å²) < 4.78 is 60.0. The number of carbonyl (C=O) groups excluding carboxylic acids is 2. The summed E-state index contributed by atoms with van der Waals surface area (Å²) >= 11 is 0. The third-order valence-electron chi connectivity index (χ3n) is 7.74. The van der Waals surface area contributed by atoms with Crippen LogP contribution in [0, 0.1) is 24.7 Å². The van der Waals surface area contributed by atoms with E-state index in [1.807, 2.05) is 0 Å². The molecular formula is C26H31F4N7O3. The molecule has 14 heteroatoms. The summed E-state index contributed by atoms with van der Waals surface area (Å²) in [6.07, 6.45) is 2.06. The van der Waals surface area contributed by atoms with E-state index in [-0.39, 0.29) is 49.6 Å². The van der Waals surface area contributed by atoms with Crippen molar-refractivity contribution < 1.29 is 31.8 Å². The molecule has 2 aliphatic carbocycles. The Bertz CT molecular complexity index is 1360. The van der Waals surface area contributed by atoms with E-state index in [4.69, 9.17) is 0 Å². The molecule has 2 fully saturated rings. The first kappa shape index (κ1) is 28.0. The minimum atomic E-state index is -2.75. The van der Waals surface area contributed by atoms with Gasteiger partial charge in [0, 0.05) is 37.6 Å². The van der Waals surface area contributed by atoms with Crippen LogP contribution in [0.1, 0.15) is 91.5 Å². The van der Waals surface area contributed by atoms with Crippen LogP contribution < -0.4 is 10.6 Å². The van der Waals surface area contributed by atoms with Crippen molar-refractivity contribution in [3.63, 3.8) is 0 Å².